The highest BCUT2D eigenvalue weighted by atomic mass is 16.2. The number of hydrogen-bond donors (Lipinski definition) is 0. The van der Waals surface area contributed by atoms with Gasteiger partial charge in [0.2, 0.25) is 5.91 Å². The van der Waals surface area contributed by atoms with E-state index >= 15 is 0 Å². The maximum atomic E-state index is 12.0. The van der Waals surface area contributed by atoms with Crippen molar-refractivity contribution < 1.29 is 4.79 Å². The van der Waals surface area contributed by atoms with Crippen molar-refractivity contribution in [1.82, 2.24) is 14.7 Å². The highest BCUT2D eigenvalue weighted by molar-refractivity contribution is 5.88. The topological polar surface area (TPSA) is 26.8 Å². The molecule has 2 fully saturated rings. The molecule has 2 saturated heterocycles. The molecule has 1 amide bonds. The Balaban J connectivity index is 1.80. The zero-order valence-electron chi connectivity index (χ0n) is 13.6. The predicted octanol–water partition coefficient (Wildman–Crippen LogP) is 1.44. The van der Waals surface area contributed by atoms with Gasteiger partial charge < -0.3 is 9.80 Å². The molecular weight excluding hydrogens is 250 g/mol. The molecule has 114 valence electrons. The van der Waals surface area contributed by atoms with Gasteiger partial charge in [0.1, 0.15) is 0 Å². The van der Waals surface area contributed by atoms with E-state index in [0.29, 0.717) is 5.41 Å². The number of nitrogens with zero attached hydrogens (tertiary/aromatic N) is 3. The molecule has 0 bridgehead atoms. The third-order valence-corrected chi connectivity index (χ3v) is 4.48. The first-order valence-corrected chi connectivity index (χ1v) is 7.57. The summed E-state index contributed by atoms with van der Waals surface area (Å²) in [7, 11) is 4.01. The lowest BCUT2D eigenvalue weighted by atomic mass is 9.79. The van der Waals surface area contributed by atoms with E-state index in [1.807, 2.05) is 25.1 Å². The molecular formula is C16H29N3O. The molecule has 2 heterocycles. The van der Waals surface area contributed by atoms with Gasteiger partial charge in [-0.1, -0.05) is 6.08 Å². The molecule has 0 aromatic rings. The minimum atomic E-state index is 0.173. The van der Waals surface area contributed by atoms with Crippen molar-refractivity contribution in [3.8, 4) is 0 Å². The Bertz CT molecular complexity index is 389. The lowest BCUT2D eigenvalue weighted by Gasteiger charge is -2.48. The van der Waals surface area contributed by atoms with Crippen molar-refractivity contribution in [2.24, 2.45) is 5.41 Å². The summed E-state index contributed by atoms with van der Waals surface area (Å²) >= 11 is 0. The first kappa shape index (κ1) is 15.5. The second kappa shape index (κ2) is 5.49. The van der Waals surface area contributed by atoms with Gasteiger partial charge in [0, 0.05) is 43.2 Å². The van der Waals surface area contributed by atoms with E-state index in [4.69, 9.17) is 0 Å². The van der Waals surface area contributed by atoms with Crippen LogP contribution in [-0.2, 0) is 4.79 Å². The van der Waals surface area contributed by atoms with Gasteiger partial charge in [0.15, 0.2) is 0 Å². The summed E-state index contributed by atoms with van der Waals surface area (Å²) < 4.78 is 0. The van der Waals surface area contributed by atoms with Crippen molar-refractivity contribution in [1.29, 1.82) is 0 Å². The van der Waals surface area contributed by atoms with Crippen molar-refractivity contribution in [2.45, 2.75) is 32.7 Å². The van der Waals surface area contributed by atoms with Crippen LogP contribution in [0.4, 0.5) is 0 Å². The molecule has 0 unspecified atom stereocenters. The summed E-state index contributed by atoms with van der Waals surface area (Å²) in [6.07, 6.45) is 4.90. The molecule has 2 aliphatic heterocycles. The van der Waals surface area contributed by atoms with Gasteiger partial charge in [-0.25, -0.2) is 0 Å². The minimum absolute atomic E-state index is 0.173. The second-order valence-corrected chi connectivity index (χ2v) is 7.70. The number of rotatable bonds is 3. The fourth-order valence-corrected chi connectivity index (χ4v) is 3.15. The standard InChI is InChI=1S/C16H29N3O/c1-15(2,3)19-10-8-16(13-19)11-18(12-16)14(20)7-6-9-17(4)5/h6-7H,8-13H2,1-5H3. The molecule has 2 rings (SSSR count). The summed E-state index contributed by atoms with van der Waals surface area (Å²) in [4.78, 5) is 18.6. The molecule has 0 aliphatic carbocycles. The first-order valence-electron chi connectivity index (χ1n) is 7.57. The Morgan fingerprint density at radius 1 is 1.25 bits per heavy atom. The van der Waals surface area contributed by atoms with Gasteiger partial charge in [0.05, 0.1) is 0 Å². The molecule has 0 radical (unpaired) electrons. The largest absolute Gasteiger partial charge is 0.338 e. The number of likely N-dealkylation sites (N-methyl/N-ethyl adjacent to an activating group) is 1. The molecule has 4 heteroatoms. The smallest absolute Gasteiger partial charge is 0.246 e. The Kier molecular flexibility index (Phi) is 4.26. The predicted molar refractivity (Wildman–Crippen MR) is 82.7 cm³/mol. The van der Waals surface area contributed by atoms with E-state index in [9.17, 15) is 4.79 Å². The van der Waals surface area contributed by atoms with Crippen LogP contribution in [0.25, 0.3) is 0 Å². The summed E-state index contributed by atoms with van der Waals surface area (Å²) in [5.41, 5.74) is 0.623. The average molecular weight is 279 g/mol. The van der Waals surface area contributed by atoms with Crippen LogP contribution in [0.15, 0.2) is 12.2 Å². The number of carbonyl (C=O) groups is 1. The van der Waals surface area contributed by atoms with E-state index in [-0.39, 0.29) is 11.4 Å². The molecule has 0 saturated carbocycles. The average Bonchev–Trinajstić information content (AvgIpc) is 2.70. The van der Waals surface area contributed by atoms with Gasteiger partial charge in [0.25, 0.3) is 0 Å². The molecule has 4 nitrogen and oxygen atoms in total. The maximum Gasteiger partial charge on any atom is 0.246 e. The lowest BCUT2D eigenvalue weighted by Crippen LogP contribution is -2.59. The number of likely N-dealkylation sites (tertiary alicyclic amines) is 2. The first-order chi connectivity index (χ1) is 9.22. The molecule has 20 heavy (non-hydrogen) atoms. The Labute approximate surface area is 123 Å². The number of amides is 1. The van der Waals surface area contributed by atoms with E-state index < -0.39 is 0 Å². The Hall–Kier alpha value is -0.870. The fourth-order valence-electron chi connectivity index (χ4n) is 3.15. The zero-order valence-corrected chi connectivity index (χ0v) is 13.6. The van der Waals surface area contributed by atoms with Crippen molar-refractivity contribution >= 4 is 5.91 Å². The lowest BCUT2D eigenvalue weighted by molar-refractivity contribution is -0.137. The molecule has 0 aromatic carbocycles. The molecule has 1 spiro atoms. The van der Waals surface area contributed by atoms with Crippen molar-refractivity contribution in [3.63, 3.8) is 0 Å². The highest BCUT2D eigenvalue weighted by Gasteiger charge is 2.50. The normalized spacial score (nSPS) is 23.0. The third-order valence-electron chi connectivity index (χ3n) is 4.48. The molecule has 0 aromatic heterocycles. The Morgan fingerprint density at radius 2 is 1.90 bits per heavy atom. The molecule has 2 aliphatic rings. The number of carbonyl (C=O) groups excluding carboxylic acids is 1. The third kappa shape index (κ3) is 3.41. The summed E-state index contributed by atoms with van der Waals surface area (Å²) in [5.74, 6) is 0.173. The van der Waals surface area contributed by atoms with E-state index in [2.05, 4.69) is 30.6 Å². The van der Waals surface area contributed by atoms with Crippen LogP contribution in [0.5, 0.6) is 0 Å². The monoisotopic (exact) mass is 279 g/mol. The molecule has 0 atom stereocenters. The highest BCUT2D eigenvalue weighted by Crippen LogP contribution is 2.41. The van der Waals surface area contributed by atoms with E-state index in [1.54, 1.807) is 6.08 Å². The van der Waals surface area contributed by atoms with Gasteiger partial charge in [-0.3, -0.25) is 9.69 Å². The van der Waals surface area contributed by atoms with Crippen LogP contribution in [-0.4, -0.2) is 73.0 Å². The quantitative estimate of drug-likeness (QED) is 0.731. The van der Waals surface area contributed by atoms with Gasteiger partial charge in [-0.05, 0) is 47.8 Å². The van der Waals surface area contributed by atoms with Crippen LogP contribution in [0, 0.1) is 5.41 Å². The van der Waals surface area contributed by atoms with Crippen molar-refractivity contribution in [3.05, 3.63) is 12.2 Å². The van der Waals surface area contributed by atoms with Gasteiger partial charge >= 0.3 is 0 Å². The second-order valence-electron chi connectivity index (χ2n) is 7.70. The van der Waals surface area contributed by atoms with Crippen LogP contribution in [0.3, 0.4) is 0 Å². The summed E-state index contributed by atoms with van der Waals surface area (Å²) in [5, 5.41) is 0. The Morgan fingerprint density at radius 3 is 2.40 bits per heavy atom. The minimum Gasteiger partial charge on any atom is -0.338 e. The van der Waals surface area contributed by atoms with Crippen LogP contribution < -0.4 is 0 Å². The van der Waals surface area contributed by atoms with Crippen LogP contribution >= 0.6 is 0 Å². The zero-order chi connectivity index (χ0) is 15.0. The maximum absolute atomic E-state index is 12.0. The van der Waals surface area contributed by atoms with Gasteiger partial charge in [-0.2, -0.15) is 0 Å². The van der Waals surface area contributed by atoms with Crippen LogP contribution in [0.1, 0.15) is 27.2 Å². The summed E-state index contributed by atoms with van der Waals surface area (Å²) in [6.45, 7) is 11.8. The molecule has 0 N–H and O–H groups in total. The summed E-state index contributed by atoms with van der Waals surface area (Å²) in [6, 6.07) is 0. The van der Waals surface area contributed by atoms with Crippen molar-refractivity contribution in [2.75, 3.05) is 46.8 Å². The van der Waals surface area contributed by atoms with E-state index in [0.717, 1.165) is 26.2 Å². The number of hydrogen-bond acceptors (Lipinski definition) is 3. The van der Waals surface area contributed by atoms with Crippen LogP contribution in [0.2, 0.25) is 0 Å². The SMILES string of the molecule is CN(C)CC=CC(=O)N1CC2(CCN(C(C)(C)C)C2)C1. The van der Waals surface area contributed by atoms with E-state index in [1.165, 1.54) is 13.0 Å². The van der Waals surface area contributed by atoms with Gasteiger partial charge in [-0.15, -0.1) is 0 Å². The fraction of sp³-hybridized carbons (Fsp3) is 0.812.